The molecule has 1 heterocycles. The summed E-state index contributed by atoms with van der Waals surface area (Å²) in [6.45, 7) is 4.05. The minimum atomic E-state index is -0.302. The minimum absolute atomic E-state index is 0.0627. The molecule has 6 heteroatoms. The number of piperidine rings is 1. The number of rotatable bonds is 4. The normalized spacial score (nSPS) is 21.1. The third-order valence-electron chi connectivity index (χ3n) is 4.19. The first kappa shape index (κ1) is 17.8. The van der Waals surface area contributed by atoms with Crippen molar-refractivity contribution in [3.05, 3.63) is 28.8 Å². The van der Waals surface area contributed by atoms with Crippen LogP contribution in [0.5, 0.6) is 0 Å². The SMILES string of the molecule is COCC(=O)Nc1ccc(Cl)cc1C(=O)N1[C@@H](C)CCC[C@@H]1C. The molecule has 1 aromatic rings. The van der Waals surface area contributed by atoms with E-state index in [4.69, 9.17) is 16.3 Å². The van der Waals surface area contributed by atoms with Crippen molar-refractivity contribution in [2.45, 2.75) is 45.2 Å². The van der Waals surface area contributed by atoms with Crippen molar-refractivity contribution in [2.24, 2.45) is 0 Å². The predicted molar refractivity (Wildman–Crippen MR) is 90.9 cm³/mol. The summed E-state index contributed by atoms with van der Waals surface area (Å²) in [5.41, 5.74) is 0.883. The molecule has 0 spiro atoms. The number of anilines is 1. The third kappa shape index (κ3) is 4.24. The van der Waals surface area contributed by atoms with Gasteiger partial charge in [-0.1, -0.05) is 11.6 Å². The van der Waals surface area contributed by atoms with Gasteiger partial charge in [-0.15, -0.1) is 0 Å². The molecule has 1 fully saturated rings. The molecule has 0 aromatic heterocycles. The van der Waals surface area contributed by atoms with Crippen molar-refractivity contribution < 1.29 is 14.3 Å². The number of likely N-dealkylation sites (tertiary alicyclic amines) is 1. The second-order valence-electron chi connectivity index (χ2n) is 6.01. The van der Waals surface area contributed by atoms with E-state index >= 15 is 0 Å². The Kier molecular flexibility index (Phi) is 6.02. The van der Waals surface area contributed by atoms with E-state index in [1.54, 1.807) is 18.2 Å². The molecular formula is C17H23ClN2O3. The number of carbonyl (C=O) groups is 2. The first-order valence-corrected chi connectivity index (χ1v) is 8.22. The average molecular weight is 339 g/mol. The Morgan fingerprint density at radius 2 is 1.96 bits per heavy atom. The first-order chi connectivity index (χ1) is 10.9. The van der Waals surface area contributed by atoms with Gasteiger partial charge in [-0.3, -0.25) is 9.59 Å². The summed E-state index contributed by atoms with van der Waals surface area (Å²) in [4.78, 5) is 26.7. The zero-order valence-corrected chi connectivity index (χ0v) is 14.5. The van der Waals surface area contributed by atoms with Crippen molar-refractivity contribution in [3.63, 3.8) is 0 Å². The van der Waals surface area contributed by atoms with E-state index < -0.39 is 0 Å². The Bertz CT molecular complexity index is 581. The van der Waals surface area contributed by atoms with Crippen LogP contribution in [-0.4, -0.2) is 42.5 Å². The lowest BCUT2D eigenvalue weighted by molar-refractivity contribution is -0.119. The van der Waals surface area contributed by atoms with Gasteiger partial charge in [-0.05, 0) is 51.3 Å². The molecule has 1 aromatic carbocycles. The molecule has 5 nitrogen and oxygen atoms in total. The van der Waals surface area contributed by atoms with Crippen molar-refractivity contribution in [1.82, 2.24) is 4.90 Å². The molecule has 1 aliphatic rings. The number of carbonyl (C=O) groups excluding carboxylic acids is 2. The van der Waals surface area contributed by atoms with E-state index in [-0.39, 0.29) is 30.5 Å². The highest BCUT2D eigenvalue weighted by Gasteiger charge is 2.31. The number of halogens is 1. The highest BCUT2D eigenvalue weighted by atomic mass is 35.5. The van der Waals surface area contributed by atoms with E-state index in [1.165, 1.54) is 7.11 Å². The summed E-state index contributed by atoms with van der Waals surface area (Å²) in [7, 11) is 1.45. The first-order valence-electron chi connectivity index (χ1n) is 7.85. The average Bonchev–Trinajstić information content (AvgIpc) is 2.49. The number of amides is 2. The van der Waals surface area contributed by atoms with Gasteiger partial charge < -0.3 is 15.0 Å². The van der Waals surface area contributed by atoms with Crippen molar-refractivity contribution in [2.75, 3.05) is 19.0 Å². The lowest BCUT2D eigenvalue weighted by atomic mass is 9.96. The van der Waals surface area contributed by atoms with Gasteiger partial charge in [0.2, 0.25) is 5.91 Å². The van der Waals surface area contributed by atoms with Crippen LogP contribution in [0.25, 0.3) is 0 Å². The molecule has 1 N–H and O–H groups in total. The smallest absolute Gasteiger partial charge is 0.256 e. The van der Waals surface area contributed by atoms with Crippen molar-refractivity contribution >= 4 is 29.1 Å². The number of nitrogens with zero attached hydrogens (tertiary/aromatic N) is 1. The standard InChI is InChI=1S/C17H23ClN2O3/c1-11-5-4-6-12(2)20(11)17(22)14-9-13(18)7-8-15(14)19-16(21)10-23-3/h7-9,11-12H,4-6,10H2,1-3H3,(H,19,21)/t11-,12-/m0/s1. The highest BCUT2D eigenvalue weighted by Crippen LogP contribution is 2.28. The van der Waals surface area contributed by atoms with Gasteiger partial charge in [0.15, 0.2) is 0 Å². The second-order valence-corrected chi connectivity index (χ2v) is 6.45. The largest absolute Gasteiger partial charge is 0.375 e. The minimum Gasteiger partial charge on any atom is -0.375 e. The Morgan fingerprint density at radius 3 is 2.57 bits per heavy atom. The van der Waals surface area contributed by atoms with Crippen LogP contribution in [0.4, 0.5) is 5.69 Å². The zero-order valence-electron chi connectivity index (χ0n) is 13.8. The summed E-state index contributed by atoms with van der Waals surface area (Å²) in [6, 6.07) is 5.27. The van der Waals surface area contributed by atoms with Crippen LogP contribution in [0.3, 0.4) is 0 Å². The maximum atomic E-state index is 13.0. The lowest BCUT2D eigenvalue weighted by Crippen LogP contribution is -2.47. The molecule has 0 unspecified atom stereocenters. The molecule has 1 aliphatic heterocycles. The van der Waals surface area contributed by atoms with Crippen molar-refractivity contribution in [1.29, 1.82) is 0 Å². The van der Waals surface area contributed by atoms with E-state index in [1.807, 2.05) is 4.90 Å². The van der Waals surface area contributed by atoms with Crippen LogP contribution >= 0.6 is 11.6 Å². The third-order valence-corrected chi connectivity index (χ3v) is 4.42. The Hall–Kier alpha value is -1.59. The summed E-state index contributed by atoms with van der Waals surface area (Å²) in [5.74, 6) is -0.400. The van der Waals surface area contributed by atoms with Gasteiger partial charge in [0.1, 0.15) is 6.61 Å². The fourth-order valence-electron chi connectivity index (χ4n) is 3.08. The van der Waals surface area contributed by atoms with E-state index in [0.717, 1.165) is 19.3 Å². The van der Waals surface area contributed by atoms with Crippen LogP contribution < -0.4 is 5.32 Å². The maximum absolute atomic E-state index is 13.0. The van der Waals surface area contributed by atoms with Gasteiger partial charge in [0.25, 0.3) is 5.91 Å². The second kappa shape index (κ2) is 7.79. The number of methoxy groups -OCH3 is 1. The molecule has 126 valence electrons. The lowest BCUT2D eigenvalue weighted by Gasteiger charge is -2.39. The van der Waals surface area contributed by atoms with Crippen LogP contribution in [-0.2, 0) is 9.53 Å². The van der Waals surface area contributed by atoms with Crippen LogP contribution in [0, 0.1) is 0 Å². The molecule has 2 atom stereocenters. The number of benzene rings is 1. The number of hydrogen-bond acceptors (Lipinski definition) is 3. The molecule has 1 saturated heterocycles. The van der Waals surface area contributed by atoms with Crippen LogP contribution in [0.15, 0.2) is 18.2 Å². The van der Waals surface area contributed by atoms with E-state index in [0.29, 0.717) is 16.3 Å². The summed E-state index contributed by atoms with van der Waals surface area (Å²) in [5, 5.41) is 3.19. The number of nitrogens with one attached hydrogen (secondary N) is 1. The van der Waals surface area contributed by atoms with Crippen LogP contribution in [0.2, 0.25) is 5.02 Å². The van der Waals surface area contributed by atoms with Crippen molar-refractivity contribution in [3.8, 4) is 0 Å². The monoisotopic (exact) mass is 338 g/mol. The molecular weight excluding hydrogens is 316 g/mol. The number of hydrogen-bond donors (Lipinski definition) is 1. The van der Waals surface area contributed by atoms with Gasteiger partial charge >= 0.3 is 0 Å². The Labute approximate surface area is 141 Å². The fourth-order valence-corrected chi connectivity index (χ4v) is 3.25. The van der Waals surface area contributed by atoms with E-state index in [2.05, 4.69) is 19.2 Å². The molecule has 23 heavy (non-hydrogen) atoms. The zero-order chi connectivity index (χ0) is 17.0. The molecule has 2 rings (SSSR count). The molecule has 2 amide bonds. The summed E-state index contributed by atoms with van der Waals surface area (Å²) in [6.07, 6.45) is 3.10. The molecule has 0 bridgehead atoms. The molecule has 0 saturated carbocycles. The Morgan fingerprint density at radius 1 is 1.30 bits per heavy atom. The fraction of sp³-hybridized carbons (Fsp3) is 0.529. The van der Waals surface area contributed by atoms with Crippen LogP contribution in [0.1, 0.15) is 43.5 Å². The molecule has 0 aliphatic carbocycles. The van der Waals surface area contributed by atoms with Gasteiger partial charge in [0.05, 0.1) is 11.3 Å². The predicted octanol–water partition coefficient (Wildman–Crippen LogP) is 3.33. The highest BCUT2D eigenvalue weighted by molar-refractivity contribution is 6.31. The number of ether oxygens (including phenoxy) is 1. The van der Waals surface area contributed by atoms with E-state index in [9.17, 15) is 9.59 Å². The summed E-state index contributed by atoms with van der Waals surface area (Å²) >= 11 is 6.06. The molecule has 0 radical (unpaired) electrons. The Balaban J connectivity index is 2.31. The topological polar surface area (TPSA) is 58.6 Å². The van der Waals surface area contributed by atoms with Gasteiger partial charge in [-0.25, -0.2) is 0 Å². The maximum Gasteiger partial charge on any atom is 0.256 e. The van der Waals surface area contributed by atoms with Gasteiger partial charge in [0, 0.05) is 24.2 Å². The summed E-state index contributed by atoms with van der Waals surface area (Å²) < 4.78 is 4.82. The van der Waals surface area contributed by atoms with Gasteiger partial charge in [-0.2, -0.15) is 0 Å². The quantitative estimate of drug-likeness (QED) is 0.916.